The van der Waals surface area contributed by atoms with Gasteiger partial charge in [-0.3, -0.25) is 9.69 Å². The van der Waals surface area contributed by atoms with Crippen LogP contribution in [0, 0.1) is 17.8 Å². The van der Waals surface area contributed by atoms with Crippen molar-refractivity contribution in [1.29, 1.82) is 0 Å². The topological polar surface area (TPSA) is 44.4 Å². The standard InChI is InChI=1S/C17H29N3O/c21-16(12-20-4-1-2-18-3-5-20)19-17-9-13-6-14(10-17)8-15(7-13)11-17/h13-15,18H,1-12H2,(H,19,21). The van der Waals surface area contributed by atoms with E-state index in [0.29, 0.717) is 6.54 Å². The second-order valence-corrected chi connectivity index (χ2v) is 8.13. The Hall–Kier alpha value is -0.610. The number of amides is 1. The van der Waals surface area contributed by atoms with Gasteiger partial charge in [0.2, 0.25) is 5.91 Å². The molecule has 5 rings (SSSR count). The fourth-order valence-electron chi connectivity index (χ4n) is 5.86. The Morgan fingerprint density at radius 1 is 1.05 bits per heavy atom. The summed E-state index contributed by atoms with van der Waals surface area (Å²) in [6.45, 7) is 4.77. The van der Waals surface area contributed by atoms with Crippen LogP contribution in [0.25, 0.3) is 0 Å². The Morgan fingerprint density at radius 3 is 2.38 bits per heavy atom. The van der Waals surface area contributed by atoms with E-state index in [1.165, 1.54) is 38.5 Å². The second kappa shape index (κ2) is 5.54. The van der Waals surface area contributed by atoms with E-state index >= 15 is 0 Å². The van der Waals surface area contributed by atoms with Crippen molar-refractivity contribution in [2.75, 3.05) is 32.7 Å². The van der Waals surface area contributed by atoms with Crippen LogP contribution in [-0.4, -0.2) is 49.1 Å². The summed E-state index contributed by atoms with van der Waals surface area (Å²) in [5.74, 6) is 2.98. The zero-order chi connectivity index (χ0) is 14.3. The molecule has 2 N–H and O–H groups in total. The summed E-state index contributed by atoms with van der Waals surface area (Å²) in [6.07, 6.45) is 9.24. The van der Waals surface area contributed by atoms with Crippen LogP contribution in [0.1, 0.15) is 44.9 Å². The molecular weight excluding hydrogens is 262 g/mol. The maximum Gasteiger partial charge on any atom is 0.234 e. The molecule has 5 aliphatic rings. The van der Waals surface area contributed by atoms with E-state index in [-0.39, 0.29) is 11.4 Å². The van der Waals surface area contributed by atoms with Crippen LogP contribution in [0.15, 0.2) is 0 Å². The van der Waals surface area contributed by atoms with Gasteiger partial charge in [0.25, 0.3) is 0 Å². The van der Waals surface area contributed by atoms with Gasteiger partial charge >= 0.3 is 0 Å². The van der Waals surface area contributed by atoms with Gasteiger partial charge in [0.15, 0.2) is 0 Å². The molecule has 4 aliphatic carbocycles. The van der Waals surface area contributed by atoms with E-state index in [9.17, 15) is 4.79 Å². The van der Waals surface area contributed by atoms with Crippen LogP contribution in [0.2, 0.25) is 0 Å². The second-order valence-electron chi connectivity index (χ2n) is 8.13. The molecule has 1 saturated heterocycles. The lowest BCUT2D eigenvalue weighted by Gasteiger charge is -2.57. The molecule has 4 heteroatoms. The van der Waals surface area contributed by atoms with E-state index in [4.69, 9.17) is 0 Å². The molecule has 0 spiro atoms. The number of nitrogens with one attached hydrogen (secondary N) is 2. The molecule has 118 valence electrons. The minimum atomic E-state index is 0.177. The summed E-state index contributed by atoms with van der Waals surface area (Å²) < 4.78 is 0. The summed E-state index contributed by atoms with van der Waals surface area (Å²) in [7, 11) is 0. The van der Waals surface area contributed by atoms with Crippen LogP contribution < -0.4 is 10.6 Å². The van der Waals surface area contributed by atoms with E-state index in [0.717, 1.165) is 50.4 Å². The molecular formula is C17H29N3O. The minimum absolute atomic E-state index is 0.177. The molecule has 5 fully saturated rings. The molecule has 1 heterocycles. The first kappa shape index (κ1) is 14.0. The molecule has 4 nitrogen and oxygen atoms in total. The third kappa shape index (κ3) is 2.98. The summed E-state index contributed by atoms with van der Waals surface area (Å²) in [4.78, 5) is 14.9. The Kier molecular flexibility index (Phi) is 3.70. The highest BCUT2D eigenvalue weighted by atomic mass is 16.2. The molecule has 1 amide bonds. The summed E-state index contributed by atoms with van der Waals surface area (Å²) >= 11 is 0. The van der Waals surface area contributed by atoms with E-state index < -0.39 is 0 Å². The lowest BCUT2D eigenvalue weighted by Crippen LogP contribution is -2.61. The minimum Gasteiger partial charge on any atom is -0.350 e. The smallest absolute Gasteiger partial charge is 0.234 e. The summed E-state index contributed by atoms with van der Waals surface area (Å²) in [6, 6.07) is 0. The maximum atomic E-state index is 12.5. The highest BCUT2D eigenvalue weighted by Gasteiger charge is 2.51. The van der Waals surface area contributed by atoms with Gasteiger partial charge in [0, 0.05) is 18.6 Å². The molecule has 0 atom stereocenters. The van der Waals surface area contributed by atoms with Gasteiger partial charge in [-0.15, -0.1) is 0 Å². The molecule has 4 bridgehead atoms. The number of rotatable bonds is 3. The largest absolute Gasteiger partial charge is 0.350 e. The number of carbonyl (C=O) groups excluding carboxylic acids is 1. The zero-order valence-corrected chi connectivity index (χ0v) is 13.1. The van der Waals surface area contributed by atoms with Crippen molar-refractivity contribution in [1.82, 2.24) is 15.5 Å². The Labute approximate surface area is 128 Å². The van der Waals surface area contributed by atoms with Crippen LogP contribution in [0.5, 0.6) is 0 Å². The highest BCUT2D eigenvalue weighted by Crippen LogP contribution is 2.55. The number of nitrogens with zero attached hydrogens (tertiary/aromatic N) is 1. The average molecular weight is 291 g/mol. The Morgan fingerprint density at radius 2 is 1.71 bits per heavy atom. The lowest BCUT2D eigenvalue weighted by atomic mass is 9.53. The molecule has 0 aromatic heterocycles. The third-order valence-electron chi connectivity index (χ3n) is 6.24. The van der Waals surface area contributed by atoms with Crippen LogP contribution in [-0.2, 0) is 4.79 Å². The van der Waals surface area contributed by atoms with Gasteiger partial charge < -0.3 is 10.6 Å². The molecule has 0 radical (unpaired) electrons. The SMILES string of the molecule is O=C(CN1CCCNCC1)NC12CC3CC(CC(C3)C1)C2. The van der Waals surface area contributed by atoms with Crippen molar-refractivity contribution in [2.45, 2.75) is 50.5 Å². The first-order valence-electron chi connectivity index (χ1n) is 8.95. The first-order chi connectivity index (χ1) is 10.2. The fraction of sp³-hybridized carbons (Fsp3) is 0.941. The molecule has 0 aromatic rings. The predicted molar refractivity (Wildman–Crippen MR) is 83.0 cm³/mol. The van der Waals surface area contributed by atoms with Gasteiger partial charge in [-0.25, -0.2) is 0 Å². The first-order valence-corrected chi connectivity index (χ1v) is 8.95. The molecule has 4 saturated carbocycles. The van der Waals surface area contributed by atoms with Gasteiger partial charge in [-0.05, 0) is 75.8 Å². The van der Waals surface area contributed by atoms with Crippen molar-refractivity contribution in [3.05, 3.63) is 0 Å². The maximum absolute atomic E-state index is 12.5. The fourth-order valence-corrected chi connectivity index (χ4v) is 5.86. The summed E-state index contributed by atoms with van der Waals surface area (Å²) in [5, 5.41) is 6.89. The van der Waals surface area contributed by atoms with Crippen molar-refractivity contribution < 1.29 is 4.79 Å². The normalized spacial score (nSPS) is 42.8. The average Bonchev–Trinajstić information content (AvgIpc) is 2.64. The van der Waals surface area contributed by atoms with E-state index in [2.05, 4.69) is 15.5 Å². The molecule has 0 unspecified atom stereocenters. The van der Waals surface area contributed by atoms with Gasteiger partial charge in [0.05, 0.1) is 6.54 Å². The number of carbonyl (C=O) groups is 1. The van der Waals surface area contributed by atoms with E-state index in [1.807, 2.05) is 0 Å². The molecule has 21 heavy (non-hydrogen) atoms. The number of hydrogen-bond donors (Lipinski definition) is 2. The van der Waals surface area contributed by atoms with Gasteiger partial charge in [-0.2, -0.15) is 0 Å². The lowest BCUT2D eigenvalue weighted by molar-refractivity contribution is -0.128. The van der Waals surface area contributed by atoms with E-state index in [1.54, 1.807) is 0 Å². The number of hydrogen-bond acceptors (Lipinski definition) is 3. The van der Waals surface area contributed by atoms with Gasteiger partial charge in [-0.1, -0.05) is 0 Å². The predicted octanol–water partition coefficient (Wildman–Crippen LogP) is 1.37. The van der Waals surface area contributed by atoms with Crippen LogP contribution in [0.3, 0.4) is 0 Å². The highest BCUT2D eigenvalue weighted by molar-refractivity contribution is 5.79. The molecule has 1 aliphatic heterocycles. The Bertz CT molecular complexity index is 366. The summed E-state index contributed by atoms with van der Waals surface area (Å²) in [5.41, 5.74) is 0.177. The quantitative estimate of drug-likeness (QED) is 0.825. The van der Waals surface area contributed by atoms with Crippen molar-refractivity contribution in [3.63, 3.8) is 0 Å². The van der Waals surface area contributed by atoms with Crippen LogP contribution in [0.4, 0.5) is 0 Å². The van der Waals surface area contributed by atoms with Crippen molar-refractivity contribution in [2.24, 2.45) is 17.8 Å². The molecule has 0 aromatic carbocycles. The Balaban J connectivity index is 1.35. The van der Waals surface area contributed by atoms with Crippen LogP contribution >= 0.6 is 0 Å². The zero-order valence-electron chi connectivity index (χ0n) is 13.1. The third-order valence-corrected chi connectivity index (χ3v) is 6.24. The monoisotopic (exact) mass is 291 g/mol. The van der Waals surface area contributed by atoms with Crippen molar-refractivity contribution in [3.8, 4) is 0 Å². The van der Waals surface area contributed by atoms with Crippen molar-refractivity contribution >= 4 is 5.91 Å². The van der Waals surface area contributed by atoms with Gasteiger partial charge in [0.1, 0.15) is 0 Å².